The zero-order valence-corrected chi connectivity index (χ0v) is 13.7. The fourth-order valence-corrected chi connectivity index (χ4v) is 2.15. The van der Waals surface area contributed by atoms with Gasteiger partial charge in [-0.2, -0.15) is 0 Å². The van der Waals surface area contributed by atoms with Gasteiger partial charge in [-0.25, -0.2) is 0 Å². The van der Waals surface area contributed by atoms with E-state index in [1.54, 1.807) is 7.11 Å². The molecule has 0 unspecified atom stereocenters. The van der Waals surface area contributed by atoms with Crippen LogP contribution in [0.3, 0.4) is 0 Å². The maximum Gasteiger partial charge on any atom is 0.0701 e. The van der Waals surface area contributed by atoms with Gasteiger partial charge in [-0.05, 0) is 13.5 Å². The quantitative estimate of drug-likeness (QED) is 0.457. The zero-order valence-electron chi connectivity index (χ0n) is 13.7. The van der Waals surface area contributed by atoms with E-state index < -0.39 is 0 Å². The summed E-state index contributed by atoms with van der Waals surface area (Å²) in [7, 11) is 3.85. The molecule has 21 heavy (non-hydrogen) atoms. The SMILES string of the molecule is COCCOCCOCCOCCCN1CCN(C)CC1. The molecule has 1 heterocycles. The average Bonchev–Trinajstić information content (AvgIpc) is 2.50. The van der Waals surface area contributed by atoms with Crippen molar-refractivity contribution in [3.63, 3.8) is 0 Å². The summed E-state index contributed by atoms with van der Waals surface area (Å²) in [4.78, 5) is 4.89. The van der Waals surface area contributed by atoms with E-state index in [0.717, 1.165) is 19.6 Å². The molecule has 0 amide bonds. The summed E-state index contributed by atoms with van der Waals surface area (Å²) in [6, 6.07) is 0. The van der Waals surface area contributed by atoms with Gasteiger partial charge >= 0.3 is 0 Å². The summed E-state index contributed by atoms with van der Waals surface area (Å²) in [5.41, 5.74) is 0. The molecule has 1 aliphatic rings. The number of hydrogen-bond donors (Lipinski definition) is 0. The fourth-order valence-electron chi connectivity index (χ4n) is 2.15. The lowest BCUT2D eigenvalue weighted by Crippen LogP contribution is -2.44. The van der Waals surface area contributed by atoms with Gasteiger partial charge in [-0.15, -0.1) is 0 Å². The standard InChI is InChI=1S/C15H32N2O4/c1-16-5-7-17(8-6-16)4-3-9-19-12-13-21-15-14-20-11-10-18-2/h3-15H2,1-2H3. The first-order valence-corrected chi connectivity index (χ1v) is 7.96. The van der Waals surface area contributed by atoms with E-state index in [1.807, 2.05) is 0 Å². The van der Waals surface area contributed by atoms with Gasteiger partial charge in [0.05, 0.1) is 39.6 Å². The summed E-state index contributed by atoms with van der Waals surface area (Å²) in [5, 5.41) is 0. The van der Waals surface area contributed by atoms with E-state index in [9.17, 15) is 0 Å². The molecule has 0 aliphatic carbocycles. The summed E-state index contributed by atoms with van der Waals surface area (Å²) in [6.45, 7) is 10.5. The van der Waals surface area contributed by atoms with E-state index >= 15 is 0 Å². The van der Waals surface area contributed by atoms with E-state index in [4.69, 9.17) is 18.9 Å². The average molecular weight is 304 g/mol. The molecule has 0 aromatic carbocycles. The maximum atomic E-state index is 5.57. The third kappa shape index (κ3) is 11.0. The summed E-state index contributed by atoms with van der Waals surface area (Å²) >= 11 is 0. The number of hydrogen-bond acceptors (Lipinski definition) is 6. The Morgan fingerprint density at radius 2 is 1.24 bits per heavy atom. The molecule has 0 radical (unpaired) electrons. The predicted molar refractivity (Wildman–Crippen MR) is 82.9 cm³/mol. The zero-order chi connectivity index (χ0) is 15.2. The maximum absolute atomic E-state index is 5.57. The molecule has 6 heteroatoms. The van der Waals surface area contributed by atoms with Crippen LogP contribution in [0, 0.1) is 0 Å². The van der Waals surface area contributed by atoms with Crippen LogP contribution in [-0.4, -0.2) is 103 Å². The van der Waals surface area contributed by atoms with Crippen LogP contribution in [0.1, 0.15) is 6.42 Å². The Kier molecular flexibility index (Phi) is 12.0. The largest absolute Gasteiger partial charge is 0.382 e. The molecule has 1 saturated heterocycles. The van der Waals surface area contributed by atoms with Crippen molar-refractivity contribution >= 4 is 0 Å². The van der Waals surface area contributed by atoms with Crippen LogP contribution >= 0.6 is 0 Å². The highest BCUT2D eigenvalue weighted by Crippen LogP contribution is 2.00. The summed E-state index contributed by atoms with van der Waals surface area (Å²) < 4.78 is 21.2. The van der Waals surface area contributed by atoms with Crippen LogP contribution in [0.4, 0.5) is 0 Å². The van der Waals surface area contributed by atoms with Crippen LogP contribution in [0.2, 0.25) is 0 Å². The Hall–Kier alpha value is -0.240. The lowest BCUT2D eigenvalue weighted by molar-refractivity contribution is 0.00237. The van der Waals surface area contributed by atoms with Gasteiger partial charge in [0, 0.05) is 46.4 Å². The highest BCUT2D eigenvalue weighted by Gasteiger charge is 2.12. The molecule has 0 aromatic rings. The minimum atomic E-state index is 0.618. The van der Waals surface area contributed by atoms with Gasteiger partial charge in [-0.3, -0.25) is 0 Å². The van der Waals surface area contributed by atoms with Crippen molar-refractivity contribution in [2.45, 2.75) is 6.42 Å². The molecule has 0 bridgehead atoms. The van der Waals surface area contributed by atoms with Gasteiger partial charge < -0.3 is 28.7 Å². The van der Waals surface area contributed by atoms with Crippen LogP contribution in [0.15, 0.2) is 0 Å². The van der Waals surface area contributed by atoms with Crippen LogP contribution in [-0.2, 0) is 18.9 Å². The molecule has 6 nitrogen and oxygen atoms in total. The van der Waals surface area contributed by atoms with Crippen molar-refractivity contribution in [1.29, 1.82) is 0 Å². The van der Waals surface area contributed by atoms with Crippen molar-refractivity contribution in [1.82, 2.24) is 9.80 Å². The Morgan fingerprint density at radius 1 is 0.714 bits per heavy atom. The first-order valence-electron chi connectivity index (χ1n) is 7.96. The topological polar surface area (TPSA) is 43.4 Å². The van der Waals surface area contributed by atoms with Crippen molar-refractivity contribution in [2.24, 2.45) is 0 Å². The third-order valence-electron chi connectivity index (χ3n) is 3.53. The lowest BCUT2D eigenvalue weighted by Gasteiger charge is -2.32. The van der Waals surface area contributed by atoms with Crippen molar-refractivity contribution in [2.75, 3.05) is 93.1 Å². The minimum Gasteiger partial charge on any atom is -0.382 e. The molecule has 1 aliphatic heterocycles. The van der Waals surface area contributed by atoms with Gasteiger partial charge in [0.25, 0.3) is 0 Å². The number of nitrogens with zero attached hydrogens (tertiary/aromatic N) is 2. The monoisotopic (exact) mass is 304 g/mol. The van der Waals surface area contributed by atoms with Gasteiger partial charge in [0.15, 0.2) is 0 Å². The summed E-state index contributed by atoms with van der Waals surface area (Å²) in [6.07, 6.45) is 1.10. The predicted octanol–water partition coefficient (Wildman–Crippen LogP) is 0.320. The molecule has 126 valence electrons. The Bertz CT molecular complexity index is 224. The first kappa shape index (κ1) is 18.8. The molecular formula is C15H32N2O4. The molecule has 0 spiro atoms. The van der Waals surface area contributed by atoms with E-state index in [2.05, 4.69) is 16.8 Å². The van der Waals surface area contributed by atoms with Crippen molar-refractivity contribution in [3.8, 4) is 0 Å². The molecular weight excluding hydrogens is 272 g/mol. The normalized spacial score (nSPS) is 17.4. The van der Waals surface area contributed by atoms with Crippen LogP contribution in [0.5, 0.6) is 0 Å². The minimum absolute atomic E-state index is 0.618. The third-order valence-corrected chi connectivity index (χ3v) is 3.53. The molecule has 1 rings (SSSR count). The van der Waals surface area contributed by atoms with E-state index in [1.165, 1.54) is 26.2 Å². The summed E-state index contributed by atoms with van der Waals surface area (Å²) in [5.74, 6) is 0. The number of piperazine rings is 1. The highest BCUT2D eigenvalue weighted by atomic mass is 16.6. The molecule has 0 saturated carbocycles. The molecule has 1 fully saturated rings. The molecule has 0 atom stereocenters. The van der Waals surface area contributed by atoms with E-state index in [0.29, 0.717) is 39.6 Å². The molecule has 0 N–H and O–H groups in total. The highest BCUT2D eigenvalue weighted by molar-refractivity contribution is 4.68. The Morgan fingerprint density at radius 3 is 1.81 bits per heavy atom. The first-order chi connectivity index (χ1) is 10.3. The lowest BCUT2D eigenvalue weighted by atomic mass is 10.3. The number of methoxy groups -OCH3 is 1. The van der Waals surface area contributed by atoms with Gasteiger partial charge in [-0.1, -0.05) is 0 Å². The Balaban J connectivity index is 1.73. The van der Waals surface area contributed by atoms with Crippen LogP contribution < -0.4 is 0 Å². The number of rotatable bonds is 13. The van der Waals surface area contributed by atoms with Crippen molar-refractivity contribution in [3.05, 3.63) is 0 Å². The van der Waals surface area contributed by atoms with Gasteiger partial charge in [0.2, 0.25) is 0 Å². The smallest absolute Gasteiger partial charge is 0.0701 e. The Labute approximate surface area is 129 Å². The second kappa shape index (κ2) is 13.4. The van der Waals surface area contributed by atoms with E-state index in [-0.39, 0.29) is 0 Å². The van der Waals surface area contributed by atoms with Crippen molar-refractivity contribution < 1.29 is 18.9 Å². The number of ether oxygens (including phenoxy) is 4. The molecule has 0 aromatic heterocycles. The second-order valence-electron chi connectivity index (χ2n) is 5.33. The number of likely N-dealkylation sites (N-methyl/N-ethyl adjacent to an activating group) is 1. The van der Waals surface area contributed by atoms with Crippen LogP contribution in [0.25, 0.3) is 0 Å². The fraction of sp³-hybridized carbons (Fsp3) is 1.00. The second-order valence-corrected chi connectivity index (χ2v) is 5.33. The van der Waals surface area contributed by atoms with Gasteiger partial charge in [0.1, 0.15) is 0 Å².